The van der Waals surface area contributed by atoms with E-state index < -0.39 is 5.82 Å². The van der Waals surface area contributed by atoms with Crippen molar-refractivity contribution in [2.45, 2.75) is 6.54 Å². The minimum Gasteiger partial charge on any atom is -0.497 e. The van der Waals surface area contributed by atoms with Gasteiger partial charge in [-0.25, -0.2) is 4.39 Å². The molecular weight excluding hydrogens is 365 g/mol. The smallest absolute Gasteiger partial charge is 0.188 e. The molecule has 29 heavy (non-hydrogen) atoms. The number of ketones is 1. The molecule has 0 aromatic heterocycles. The second-order valence-electron chi connectivity index (χ2n) is 7.06. The van der Waals surface area contributed by atoms with E-state index in [0.29, 0.717) is 5.75 Å². The van der Waals surface area contributed by atoms with E-state index in [4.69, 9.17) is 4.74 Å². The lowest BCUT2D eigenvalue weighted by Gasteiger charge is -2.14. The number of hydrogen-bond acceptors (Lipinski definition) is 3. The van der Waals surface area contributed by atoms with Gasteiger partial charge in [0, 0.05) is 12.6 Å². The van der Waals surface area contributed by atoms with Crippen LogP contribution in [0.3, 0.4) is 0 Å². The molecule has 0 heterocycles. The third-order valence-electron chi connectivity index (χ3n) is 4.60. The molecule has 3 rings (SSSR count). The maximum absolute atomic E-state index is 14.2. The molecule has 0 amide bonds. The molecule has 0 spiro atoms. The third kappa shape index (κ3) is 5.18. The number of methoxy groups -OCH3 is 1. The average Bonchev–Trinajstić information content (AvgIpc) is 2.73. The first kappa shape index (κ1) is 20.5. The Labute approximate surface area is 171 Å². The molecule has 3 nitrogen and oxygen atoms in total. The number of nitrogens with zero attached hydrogens (tertiary/aromatic N) is 1. The maximum Gasteiger partial charge on any atom is 0.188 e. The topological polar surface area (TPSA) is 29.5 Å². The number of allylic oxidation sites excluding steroid dienone is 1. The van der Waals surface area contributed by atoms with Crippen LogP contribution in [0.2, 0.25) is 0 Å². The van der Waals surface area contributed by atoms with Gasteiger partial charge in [-0.05, 0) is 60.6 Å². The van der Waals surface area contributed by atoms with Crippen LogP contribution in [0.4, 0.5) is 4.39 Å². The van der Waals surface area contributed by atoms with E-state index in [2.05, 4.69) is 23.1 Å². The summed E-state index contributed by atoms with van der Waals surface area (Å²) in [7, 11) is 5.45. The van der Waals surface area contributed by atoms with E-state index in [9.17, 15) is 9.18 Å². The molecule has 0 bridgehead atoms. The summed E-state index contributed by atoms with van der Waals surface area (Å²) in [5.74, 6) is -0.594. The predicted molar refractivity (Wildman–Crippen MR) is 116 cm³/mol. The molecular formula is C25H24FNO2. The largest absolute Gasteiger partial charge is 0.497 e. The quantitative estimate of drug-likeness (QED) is 0.397. The van der Waals surface area contributed by atoms with Gasteiger partial charge in [0.2, 0.25) is 0 Å². The van der Waals surface area contributed by atoms with Crippen LogP contribution in [0.25, 0.3) is 17.2 Å². The molecule has 0 aliphatic heterocycles. The van der Waals surface area contributed by atoms with Crippen molar-refractivity contribution in [2.24, 2.45) is 0 Å². The van der Waals surface area contributed by atoms with Crippen molar-refractivity contribution in [1.29, 1.82) is 0 Å². The van der Waals surface area contributed by atoms with E-state index in [1.807, 2.05) is 44.4 Å². The van der Waals surface area contributed by atoms with Crippen LogP contribution >= 0.6 is 0 Å². The van der Waals surface area contributed by atoms with E-state index in [-0.39, 0.29) is 11.3 Å². The molecule has 0 fully saturated rings. The van der Waals surface area contributed by atoms with Crippen molar-refractivity contribution >= 4 is 11.9 Å². The number of hydrogen-bond donors (Lipinski definition) is 0. The van der Waals surface area contributed by atoms with E-state index in [1.165, 1.54) is 25.3 Å². The van der Waals surface area contributed by atoms with Crippen LogP contribution in [0, 0.1) is 5.82 Å². The molecule has 0 unspecified atom stereocenters. The summed E-state index contributed by atoms with van der Waals surface area (Å²) in [6.45, 7) is 0.736. The summed E-state index contributed by atoms with van der Waals surface area (Å²) in [6.07, 6.45) is 3.19. The molecule has 3 aromatic carbocycles. The minimum absolute atomic E-state index is 0.0235. The Morgan fingerprint density at radius 2 is 1.76 bits per heavy atom. The lowest BCUT2D eigenvalue weighted by Crippen LogP contribution is -2.11. The summed E-state index contributed by atoms with van der Waals surface area (Å²) >= 11 is 0. The van der Waals surface area contributed by atoms with Gasteiger partial charge >= 0.3 is 0 Å². The van der Waals surface area contributed by atoms with Crippen molar-refractivity contribution in [3.05, 3.63) is 95.3 Å². The van der Waals surface area contributed by atoms with Crippen molar-refractivity contribution in [3.63, 3.8) is 0 Å². The summed E-state index contributed by atoms with van der Waals surface area (Å²) in [5, 5.41) is 0. The van der Waals surface area contributed by atoms with Gasteiger partial charge in [0.15, 0.2) is 5.78 Å². The first-order chi connectivity index (χ1) is 14.0. The zero-order valence-electron chi connectivity index (χ0n) is 16.9. The Morgan fingerprint density at radius 3 is 2.41 bits per heavy atom. The van der Waals surface area contributed by atoms with Gasteiger partial charge in [0.25, 0.3) is 0 Å². The Hall–Kier alpha value is -3.24. The highest BCUT2D eigenvalue weighted by atomic mass is 19.1. The molecule has 0 aliphatic rings. The van der Waals surface area contributed by atoms with Gasteiger partial charge in [0.05, 0.1) is 12.7 Å². The Bertz CT molecular complexity index is 1030. The summed E-state index contributed by atoms with van der Waals surface area (Å²) in [5.41, 5.74) is 4.22. The van der Waals surface area contributed by atoms with Crippen LogP contribution in [0.5, 0.6) is 5.75 Å². The molecule has 0 saturated heterocycles. The molecule has 0 N–H and O–H groups in total. The third-order valence-corrected chi connectivity index (χ3v) is 4.60. The Morgan fingerprint density at radius 1 is 1.00 bits per heavy atom. The highest BCUT2D eigenvalue weighted by Crippen LogP contribution is 2.24. The lowest BCUT2D eigenvalue weighted by molar-refractivity contribution is 0.104. The fourth-order valence-electron chi connectivity index (χ4n) is 3.12. The number of carbonyl (C=O) groups is 1. The van der Waals surface area contributed by atoms with Crippen molar-refractivity contribution in [1.82, 2.24) is 4.90 Å². The van der Waals surface area contributed by atoms with Crippen LogP contribution in [0.15, 0.2) is 72.8 Å². The minimum atomic E-state index is -0.592. The van der Waals surface area contributed by atoms with Gasteiger partial charge in [-0.2, -0.15) is 0 Å². The average molecular weight is 389 g/mol. The second kappa shape index (κ2) is 9.30. The normalized spacial score (nSPS) is 11.2. The van der Waals surface area contributed by atoms with Crippen LogP contribution in [-0.2, 0) is 6.54 Å². The van der Waals surface area contributed by atoms with Gasteiger partial charge < -0.3 is 9.64 Å². The SMILES string of the molecule is COc1ccc(C(=O)C=Cc2cc(-c3ccccc3)ccc2CN(C)C)c(F)c1. The highest BCUT2D eigenvalue weighted by molar-refractivity contribution is 6.07. The Balaban J connectivity index is 1.94. The van der Waals surface area contributed by atoms with Crippen LogP contribution < -0.4 is 4.74 Å². The summed E-state index contributed by atoms with van der Waals surface area (Å²) in [4.78, 5) is 14.6. The molecule has 0 saturated carbocycles. The van der Waals surface area contributed by atoms with Crippen molar-refractivity contribution in [2.75, 3.05) is 21.2 Å². The van der Waals surface area contributed by atoms with Crippen molar-refractivity contribution in [3.8, 4) is 16.9 Å². The summed E-state index contributed by atoms with van der Waals surface area (Å²) in [6, 6.07) is 20.5. The molecule has 148 valence electrons. The predicted octanol–water partition coefficient (Wildman–Crippen LogP) is 5.46. The molecule has 0 atom stereocenters. The lowest BCUT2D eigenvalue weighted by atomic mass is 9.98. The van der Waals surface area contributed by atoms with Crippen LogP contribution in [-0.4, -0.2) is 31.9 Å². The first-order valence-corrected chi connectivity index (χ1v) is 9.37. The van der Waals surface area contributed by atoms with E-state index in [0.717, 1.165) is 28.8 Å². The number of benzene rings is 3. The maximum atomic E-state index is 14.2. The standard InChI is InChI=1S/C25H24FNO2/c1-27(2)17-21-10-9-19(18-7-5-4-6-8-18)15-20(21)11-14-25(28)23-13-12-22(29-3)16-24(23)26/h4-16H,17H2,1-3H3. The number of carbonyl (C=O) groups excluding carboxylic acids is 1. The van der Waals surface area contributed by atoms with Gasteiger partial charge in [-0.15, -0.1) is 0 Å². The van der Waals surface area contributed by atoms with E-state index >= 15 is 0 Å². The van der Waals surface area contributed by atoms with Gasteiger partial charge in [-0.1, -0.05) is 48.5 Å². The number of halogens is 1. The van der Waals surface area contributed by atoms with Crippen LogP contribution in [0.1, 0.15) is 21.5 Å². The zero-order valence-corrected chi connectivity index (χ0v) is 16.9. The first-order valence-electron chi connectivity index (χ1n) is 9.37. The van der Waals surface area contributed by atoms with Crippen molar-refractivity contribution < 1.29 is 13.9 Å². The molecule has 3 aromatic rings. The Kier molecular flexibility index (Phi) is 6.57. The highest BCUT2D eigenvalue weighted by Gasteiger charge is 2.11. The fourth-order valence-corrected chi connectivity index (χ4v) is 3.12. The molecule has 0 aliphatic carbocycles. The van der Waals surface area contributed by atoms with Gasteiger partial charge in [0.1, 0.15) is 11.6 Å². The van der Waals surface area contributed by atoms with E-state index in [1.54, 1.807) is 12.1 Å². The van der Waals surface area contributed by atoms with Gasteiger partial charge in [-0.3, -0.25) is 4.79 Å². The summed E-state index contributed by atoms with van der Waals surface area (Å²) < 4.78 is 19.2. The second-order valence-corrected chi connectivity index (χ2v) is 7.06. The molecule has 4 heteroatoms. The number of rotatable bonds is 7. The fraction of sp³-hybridized carbons (Fsp3) is 0.160. The zero-order chi connectivity index (χ0) is 20.8. The monoisotopic (exact) mass is 389 g/mol. The molecule has 0 radical (unpaired) electrons. The number of ether oxygens (including phenoxy) is 1.